The molecule has 2 aromatic carbocycles. The molecule has 4 heteroatoms. The number of benzene rings is 2. The van der Waals surface area contributed by atoms with Crippen molar-refractivity contribution in [3.8, 4) is 11.5 Å². The fourth-order valence-electron chi connectivity index (χ4n) is 2.05. The topological polar surface area (TPSA) is 33.6 Å². The summed E-state index contributed by atoms with van der Waals surface area (Å²) in [5, 5.41) is 4.36. The molecular formula is C17H18N2OS. The zero-order valence-corrected chi connectivity index (χ0v) is 12.8. The lowest BCUT2D eigenvalue weighted by atomic mass is 10.3. The molecule has 1 aliphatic rings. The number of ether oxygens (including phenoxy) is 1. The summed E-state index contributed by atoms with van der Waals surface area (Å²) in [5.74, 6) is 2.81. The summed E-state index contributed by atoms with van der Waals surface area (Å²) >= 11 is 1.78. The van der Waals surface area contributed by atoms with Crippen LogP contribution in [0.15, 0.2) is 59.6 Å². The van der Waals surface area contributed by atoms with E-state index in [1.54, 1.807) is 11.8 Å². The summed E-state index contributed by atoms with van der Waals surface area (Å²) in [4.78, 5) is 4.60. The predicted octanol–water partition coefficient (Wildman–Crippen LogP) is 4.77. The minimum atomic E-state index is 0.412. The van der Waals surface area contributed by atoms with Crippen LogP contribution in [0.4, 0.5) is 5.69 Å². The van der Waals surface area contributed by atoms with Gasteiger partial charge in [0.2, 0.25) is 0 Å². The van der Waals surface area contributed by atoms with Gasteiger partial charge in [-0.15, -0.1) is 0 Å². The second kappa shape index (κ2) is 6.68. The molecule has 108 valence electrons. The van der Waals surface area contributed by atoms with Gasteiger partial charge in [-0.2, -0.15) is 0 Å². The fraction of sp³-hybridized carbons (Fsp3) is 0.235. The number of thioether (sulfide) groups is 1. The summed E-state index contributed by atoms with van der Waals surface area (Å²) < 4.78 is 5.78. The van der Waals surface area contributed by atoms with Gasteiger partial charge < -0.3 is 10.1 Å². The second-order valence-electron chi connectivity index (χ2n) is 4.98. The van der Waals surface area contributed by atoms with Crippen molar-refractivity contribution in [2.45, 2.75) is 19.4 Å². The van der Waals surface area contributed by atoms with E-state index in [1.807, 2.05) is 54.6 Å². The molecule has 21 heavy (non-hydrogen) atoms. The molecule has 1 atom stereocenters. The van der Waals surface area contributed by atoms with Crippen LogP contribution in [0.25, 0.3) is 0 Å². The van der Waals surface area contributed by atoms with Crippen LogP contribution in [0, 0.1) is 0 Å². The lowest BCUT2D eigenvalue weighted by Gasteiger charge is -2.17. The quantitative estimate of drug-likeness (QED) is 0.886. The summed E-state index contributed by atoms with van der Waals surface area (Å²) in [6.07, 6.45) is 1.15. The standard InChI is InChI=1S/C17H18N2OS/c1-13-11-12-21-17(18-13)19-14-7-9-16(10-8-14)20-15-5-3-2-4-6-15/h2-10,13H,11-12H2,1H3,(H,18,19). The third-order valence-corrected chi connectivity index (χ3v) is 4.12. The number of nitrogens with one attached hydrogen (secondary N) is 1. The minimum absolute atomic E-state index is 0.412. The summed E-state index contributed by atoms with van der Waals surface area (Å²) in [6.45, 7) is 2.15. The molecule has 0 fully saturated rings. The maximum atomic E-state index is 5.78. The van der Waals surface area contributed by atoms with Gasteiger partial charge in [0.05, 0.1) is 6.04 Å². The lowest BCUT2D eigenvalue weighted by Crippen LogP contribution is -2.17. The Bertz CT molecular complexity index is 610. The summed E-state index contributed by atoms with van der Waals surface area (Å²) in [7, 11) is 0. The smallest absolute Gasteiger partial charge is 0.161 e. The van der Waals surface area contributed by atoms with E-state index in [1.165, 1.54) is 0 Å². The normalized spacial score (nSPS) is 18.0. The molecular weight excluding hydrogens is 280 g/mol. The van der Waals surface area contributed by atoms with Crippen LogP contribution in [-0.4, -0.2) is 17.0 Å². The highest BCUT2D eigenvalue weighted by Gasteiger charge is 2.11. The van der Waals surface area contributed by atoms with Crippen LogP contribution >= 0.6 is 11.8 Å². The number of rotatable bonds is 3. The van der Waals surface area contributed by atoms with Gasteiger partial charge in [0.15, 0.2) is 5.17 Å². The van der Waals surface area contributed by atoms with Gasteiger partial charge in [-0.3, -0.25) is 4.99 Å². The van der Waals surface area contributed by atoms with Crippen molar-refractivity contribution in [1.29, 1.82) is 0 Å². The van der Waals surface area contributed by atoms with Gasteiger partial charge in [-0.05, 0) is 49.7 Å². The first kappa shape index (κ1) is 14.0. The maximum absolute atomic E-state index is 5.78. The molecule has 3 rings (SSSR count). The van der Waals surface area contributed by atoms with Crippen LogP contribution in [0.1, 0.15) is 13.3 Å². The highest BCUT2D eigenvalue weighted by Crippen LogP contribution is 2.24. The van der Waals surface area contributed by atoms with E-state index in [0.29, 0.717) is 6.04 Å². The summed E-state index contributed by atoms with van der Waals surface area (Å²) in [5.41, 5.74) is 1.04. The number of hydrogen-bond acceptors (Lipinski definition) is 4. The molecule has 0 spiro atoms. The lowest BCUT2D eigenvalue weighted by molar-refractivity contribution is 0.483. The first-order valence-electron chi connectivity index (χ1n) is 7.10. The van der Waals surface area contributed by atoms with E-state index in [-0.39, 0.29) is 0 Å². The molecule has 3 nitrogen and oxygen atoms in total. The first-order valence-corrected chi connectivity index (χ1v) is 8.09. The van der Waals surface area contributed by atoms with Crippen molar-refractivity contribution < 1.29 is 4.74 Å². The third-order valence-electron chi connectivity index (χ3n) is 3.20. The van der Waals surface area contributed by atoms with E-state index in [2.05, 4.69) is 17.2 Å². The number of anilines is 1. The molecule has 2 aromatic rings. The number of aliphatic imine (C=N–C) groups is 1. The van der Waals surface area contributed by atoms with Crippen molar-refractivity contribution in [3.63, 3.8) is 0 Å². The SMILES string of the molecule is CC1CCSC(Nc2ccc(Oc3ccccc3)cc2)=N1. The number of para-hydroxylation sites is 1. The average Bonchev–Trinajstić information content (AvgIpc) is 2.50. The van der Waals surface area contributed by atoms with Gasteiger partial charge in [0.1, 0.15) is 11.5 Å². The van der Waals surface area contributed by atoms with E-state index >= 15 is 0 Å². The Morgan fingerprint density at radius 1 is 1.05 bits per heavy atom. The van der Waals surface area contributed by atoms with E-state index < -0.39 is 0 Å². The van der Waals surface area contributed by atoms with Crippen molar-refractivity contribution in [3.05, 3.63) is 54.6 Å². The molecule has 0 bridgehead atoms. The molecule has 0 aromatic heterocycles. The predicted molar refractivity (Wildman–Crippen MR) is 90.6 cm³/mol. The van der Waals surface area contributed by atoms with Crippen LogP contribution in [0.2, 0.25) is 0 Å². The zero-order chi connectivity index (χ0) is 14.5. The zero-order valence-electron chi connectivity index (χ0n) is 12.0. The van der Waals surface area contributed by atoms with Gasteiger partial charge in [0.25, 0.3) is 0 Å². The Hall–Kier alpha value is -1.94. The van der Waals surface area contributed by atoms with Crippen molar-refractivity contribution in [2.24, 2.45) is 4.99 Å². The molecule has 0 saturated carbocycles. The third kappa shape index (κ3) is 4.02. The Balaban J connectivity index is 1.64. The molecule has 1 heterocycles. The van der Waals surface area contributed by atoms with Gasteiger partial charge >= 0.3 is 0 Å². The monoisotopic (exact) mass is 298 g/mol. The van der Waals surface area contributed by atoms with Crippen molar-refractivity contribution in [1.82, 2.24) is 0 Å². The number of hydrogen-bond donors (Lipinski definition) is 1. The van der Waals surface area contributed by atoms with E-state index in [0.717, 1.165) is 34.5 Å². The molecule has 0 saturated heterocycles. The fourth-order valence-corrected chi connectivity index (χ4v) is 3.15. The van der Waals surface area contributed by atoms with Crippen LogP contribution < -0.4 is 10.1 Å². The molecule has 0 radical (unpaired) electrons. The van der Waals surface area contributed by atoms with Crippen molar-refractivity contribution >= 4 is 22.6 Å². The van der Waals surface area contributed by atoms with Crippen LogP contribution in [0.3, 0.4) is 0 Å². The summed E-state index contributed by atoms with van der Waals surface area (Å²) in [6, 6.07) is 18.2. The van der Waals surface area contributed by atoms with Crippen LogP contribution in [-0.2, 0) is 0 Å². The Kier molecular flexibility index (Phi) is 4.46. The molecule has 1 N–H and O–H groups in total. The maximum Gasteiger partial charge on any atom is 0.161 e. The number of nitrogens with zero attached hydrogens (tertiary/aromatic N) is 1. The van der Waals surface area contributed by atoms with Crippen molar-refractivity contribution in [2.75, 3.05) is 11.1 Å². The molecule has 1 unspecified atom stereocenters. The Morgan fingerprint density at radius 3 is 2.48 bits per heavy atom. The Labute approximate surface area is 129 Å². The van der Waals surface area contributed by atoms with Gasteiger partial charge in [-0.1, -0.05) is 30.0 Å². The average molecular weight is 298 g/mol. The highest BCUT2D eigenvalue weighted by molar-refractivity contribution is 8.14. The Morgan fingerprint density at radius 2 is 1.76 bits per heavy atom. The second-order valence-corrected chi connectivity index (χ2v) is 6.07. The number of amidine groups is 1. The molecule has 0 amide bonds. The van der Waals surface area contributed by atoms with Gasteiger partial charge in [-0.25, -0.2) is 0 Å². The highest BCUT2D eigenvalue weighted by atomic mass is 32.2. The molecule has 1 aliphatic heterocycles. The first-order chi connectivity index (χ1) is 10.3. The molecule has 0 aliphatic carbocycles. The van der Waals surface area contributed by atoms with E-state index in [9.17, 15) is 0 Å². The van der Waals surface area contributed by atoms with Gasteiger partial charge in [0, 0.05) is 11.4 Å². The van der Waals surface area contributed by atoms with Crippen LogP contribution in [0.5, 0.6) is 11.5 Å². The largest absolute Gasteiger partial charge is 0.457 e. The van der Waals surface area contributed by atoms with E-state index in [4.69, 9.17) is 4.74 Å². The minimum Gasteiger partial charge on any atom is -0.457 e.